The smallest absolute Gasteiger partial charge is 0.362 e. The number of aryl methyl sites for hydroxylation is 1. The summed E-state index contributed by atoms with van der Waals surface area (Å²) in [7, 11) is 0. The Morgan fingerprint density at radius 2 is 2.25 bits per heavy atom. The third kappa shape index (κ3) is 2.95. The number of anilines is 1. The summed E-state index contributed by atoms with van der Waals surface area (Å²) in [6.45, 7) is 6.92. The standard InChI is InChI=1S/C10H18N4O2/c1-4-16-10(15)8-9(11)14(13-12-8)6-5-7(2)3/h7H,4-6,11H2,1-3H3. The average Bonchev–Trinajstić information content (AvgIpc) is 2.57. The molecule has 0 fully saturated rings. The average molecular weight is 226 g/mol. The molecule has 1 rings (SSSR count). The van der Waals surface area contributed by atoms with Crippen molar-refractivity contribution in [3.8, 4) is 0 Å². The van der Waals surface area contributed by atoms with E-state index >= 15 is 0 Å². The van der Waals surface area contributed by atoms with E-state index in [0.29, 0.717) is 19.1 Å². The maximum atomic E-state index is 11.4. The van der Waals surface area contributed by atoms with E-state index in [1.807, 2.05) is 0 Å². The maximum Gasteiger partial charge on any atom is 0.362 e. The van der Waals surface area contributed by atoms with Gasteiger partial charge in [-0.05, 0) is 19.3 Å². The summed E-state index contributed by atoms with van der Waals surface area (Å²) in [5, 5.41) is 7.56. The van der Waals surface area contributed by atoms with Crippen molar-refractivity contribution in [2.24, 2.45) is 5.92 Å². The molecule has 6 heteroatoms. The zero-order chi connectivity index (χ0) is 12.1. The molecule has 90 valence electrons. The van der Waals surface area contributed by atoms with E-state index < -0.39 is 5.97 Å². The van der Waals surface area contributed by atoms with Gasteiger partial charge >= 0.3 is 5.97 Å². The fraction of sp³-hybridized carbons (Fsp3) is 0.700. The Balaban J connectivity index is 2.72. The van der Waals surface area contributed by atoms with E-state index in [9.17, 15) is 4.79 Å². The quantitative estimate of drug-likeness (QED) is 0.760. The van der Waals surface area contributed by atoms with Crippen LogP contribution in [-0.2, 0) is 11.3 Å². The zero-order valence-corrected chi connectivity index (χ0v) is 9.93. The molecule has 0 aliphatic heterocycles. The van der Waals surface area contributed by atoms with Gasteiger partial charge in [-0.2, -0.15) is 0 Å². The van der Waals surface area contributed by atoms with E-state index in [-0.39, 0.29) is 11.5 Å². The van der Waals surface area contributed by atoms with Gasteiger partial charge in [0.1, 0.15) is 0 Å². The van der Waals surface area contributed by atoms with Crippen molar-refractivity contribution in [3.63, 3.8) is 0 Å². The summed E-state index contributed by atoms with van der Waals surface area (Å²) >= 11 is 0. The predicted molar refractivity (Wildman–Crippen MR) is 59.8 cm³/mol. The number of hydrogen-bond donors (Lipinski definition) is 1. The molecule has 0 radical (unpaired) electrons. The molecule has 0 unspecified atom stereocenters. The second-order valence-electron chi connectivity index (χ2n) is 3.95. The number of hydrogen-bond acceptors (Lipinski definition) is 5. The van der Waals surface area contributed by atoms with Crippen LogP contribution in [0.3, 0.4) is 0 Å². The summed E-state index contributed by atoms with van der Waals surface area (Å²) in [6.07, 6.45) is 0.940. The molecular weight excluding hydrogens is 208 g/mol. The Hall–Kier alpha value is -1.59. The lowest BCUT2D eigenvalue weighted by Gasteiger charge is -2.05. The van der Waals surface area contributed by atoms with Crippen LogP contribution in [0.25, 0.3) is 0 Å². The molecule has 0 aliphatic carbocycles. The number of esters is 1. The Morgan fingerprint density at radius 1 is 1.56 bits per heavy atom. The van der Waals surface area contributed by atoms with Gasteiger partial charge in [0.15, 0.2) is 5.82 Å². The molecule has 2 N–H and O–H groups in total. The van der Waals surface area contributed by atoms with Crippen molar-refractivity contribution >= 4 is 11.8 Å². The van der Waals surface area contributed by atoms with E-state index in [1.54, 1.807) is 6.92 Å². The Bertz CT molecular complexity index is 360. The minimum absolute atomic E-state index is 0.102. The van der Waals surface area contributed by atoms with Crippen LogP contribution in [0, 0.1) is 5.92 Å². The fourth-order valence-corrected chi connectivity index (χ4v) is 1.21. The van der Waals surface area contributed by atoms with Crippen LogP contribution >= 0.6 is 0 Å². The number of nitrogens with zero attached hydrogens (tertiary/aromatic N) is 3. The van der Waals surface area contributed by atoms with Crippen LogP contribution in [-0.4, -0.2) is 27.6 Å². The summed E-state index contributed by atoms with van der Waals surface area (Å²) in [5.74, 6) is 0.310. The second-order valence-corrected chi connectivity index (χ2v) is 3.95. The number of rotatable bonds is 5. The Kier molecular flexibility index (Phi) is 4.28. The monoisotopic (exact) mass is 226 g/mol. The molecule has 0 atom stereocenters. The van der Waals surface area contributed by atoms with Crippen molar-refractivity contribution in [2.45, 2.75) is 33.7 Å². The lowest BCUT2D eigenvalue weighted by atomic mass is 10.1. The minimum Gasteiger partial charge on any atom is -0.461 e. The van der Waals surface area contributed by atoms with E-state index in [2.05, 4.69) is 24.2 Å². The highest BCUT2D eigenvalue weighted by molar-refractivity contribution is 5.91. The minimum atomic E-state index is -0.518. The highest BCUT2D eigenvalue weighted by atomic mass is 16.5. The van der Waals surface area contributed by atoms with Crippen molar-refractivity contribution in [1.82, 2.24) is 15.0 Å². The van der Waals surface area contributed by atoms with Gasteiger partial charge in [0.05, 0.1) is 6.61 Å². The fourth-order valence-electron chi connectivity index (χ4n) is 1.21. The van der Waals surface area contributed by atoms with Crippen molar-refractivity contribution in [1.29, 1.82) is 0 Å². The van der Waals surface area contributed by atoms with Gasteiger partial charge in [-0.1, -0.05) is 19.1 Å². The van der Waals surface area contributed by atoms with Crippen LogP contribution in [0.5, 0.6) is 0 Å². The topological polar surface area (TPSA) is 83.0 Å². The van der Waals surface area contributed by atoms with E-state index in [0.717, 1.165) is 6.42 Å². The Labute approximate surface area is 94.8 Å². The predicted octanol–water partition coefficient (Wildman–Crippen LogP) is 1.08. The SMILES string of the molecule is CCOC(=O)c1nnn(CCC(C)C)c1N. The summed E-state index contributed by atoms with van der Waals surface area (Å²) in [4.78, 5) is 11.4. The van der Waals surface area contributed by atoms with Gasteiger partial charge < -0.3 is 10.5 Å². The number of aromatic nitrogens is 3. The molecule has 0 saturated heterocycles. The number of ether oxygens (including phenoxy) is 1. The first-order chi connectivity index (χ1) is 7.56. The summed E-state index contributed by atoms with van der Waals surface area (Å²) in [6, 6.07) is 0. The van der Waals surface area contributed by atoms with Crippen LogP contribution < -0.4 is 5.73 Å². The molecular formula is C10H18N4O2. The molecule has 16 heavy (non-hydrogen) atoms. The third-order valence-corrected chi connectivity index (χ3v) is 2.16. The summed E-state index contributed by atoms with van der Waals surface area (Å²) < 4.78 is 6.35. The molecule has 1 heterocycles. The highest BCUT2D eigenvalue weighted by Gasteiger charge is 2.18. The van der Waals surface area contributed by atoms with Crippen molar-refractivity contribution in [2.75, 3.05) is 12.3 Å². The lowest BCUT2D eigenvalue weighted by Crippen LogP contribution is -2.11. The van der Waals surface area contributed by atoms with Gasteiger partial charge in [0, 0.05) is 6.54 Å². The van der Waals surface area contributed by atoms with Crippen molar-refractivity contribution in [3.05, 3.63) is 5.69 Å². The molecule has 1 aromatic heterocycles. The van der Waals surface area contributed by atoms with Gasteiger partial charge in [-0.25, -0.2) is 9.48 Å². The normalized spacial score (nSPS) is 10.8. The first kappa shape index (κ1) is 12.5. The molecule has 0 amide bonds. The van der Waals surface area contributed by atoms with Gasteiger partial charge in [0.25, 0.3) is 0 Å². The molecule has 0 spiro atoms. The number of nitrogen functional groups attached to an aromatic ring is 1. The number of carbonyl (C=O) groups excluding carboxylic acids is 1. The second kappa shape index (κ2) is 5.48. The van der Waals surface area contributed by atoms with Crippen molar-refractivity contribution < 1.29 is 9.53 Å². The number of carbonyl (C=O) groups is 1. The summed E-state index contributed by atoms with van der Waals surface area (Å²) in [5.41, 5.74) is 5.86. The highest BCUT2D eigenvalue weighted by Crippen LogP contribution is 2.11. The van der Waals surface area contributed by atoms with Crippen LogP contribution in [0.15, 0.2) is 0 Å². The van der Waals surface area contributed by atoms with E-state index in [1.165, 1.54) is 4.68 Å². The van der Waals surface area contributed by atoms with Crippen LogP contribution in [0.2, 0.25) is 0 Å². The first-order valence-electron chi connectivity index (χ1n) is 5.42. The molecule has 0 aliphatic rings. The van der Waals surface area contributed by atoms with Gasteiger partial charge in [0.2, 0.25) is 5.69 Å². The first-order valence-corrected chi connectivity index (χ1v) is 5.42. The van der Waals surface area contributed by atoms with Crippen LogP contribution in [0.1, 0.15) is 37.7 Å². The Morgan fingerprint density at radius 3 is 2.81 bits per heavy atom. The zero-order valence-electron chi connectivity index (χ0n) is 9.93. The molecule has 0 bridgehead atoms. The molecule has 6 nitrogen and oxygen atoms in total. The molecule has 0 saturated carbocycles. The molecule has 0 aromatic carbocycles. The van der Waals surface area contributed by atoms with Crippen LogP contribution in [0.4, 0.5) is 5.82 Å². The largest absolute Gasteiger partial charge is 0.461 e. The molecule has 1 aromatic rings. The van der Waals surface area contributed by atoms with Gasteiger partial charge in [-0.3, -0.25) is 0 Å². The lowest BCUT2D eigenvalue weighted by molar-refractivity contribution is 0.0520. The maximum absolute atomic E-state index is 11.4. The van der Waals surface area contributed by atoms with E-state index in [4.69, 9.17) is 10.5 Å². The van der Waals surface area contributed by atoms with Gasteiger partial charge in [-0.15, -0.1) is 5.10 Å². The number of nitrogens with two attached hydrogens (primary N) is 1. The third-order valence-electron chi connectivity index (χ3n) is 2.16.